The van der Waals surface area contributed by atoms with Crippen molar-refractivity contribution >= 4 is 42.2 Å². The summed E-state index contributed by atoms with van der Waals surface area (Å²) in [7, 11) is 0. The van der Waals surface area contributed by atoms with Gasteiger partial charge in [0.2, 0.25) is 23.6 Å². The van der Waals surface area contributed by atoms with Gasteiger partial charge < -0.3 is 37.6 Å². The molecule has 0 bridgehead atoms. The van der Waals surface area contributed by atoms with E-state index in [0.717, 1.165) is 6.92 Å². The lowest BCUT2D eigenvalue weighted by Gasteiger charge is -2.22. The van der Waals surface area contributed by atoms with Crippen LogP contribution in [0.3, 0.4) is 0 Å². The molecule has 13 heteroatoms. The number of primary amides is 1. The van der Waals surface area contributed by atoms with Crippen LogP contribution in [0.15, 0.2) is 0 Å². The maximum Gasteiger partial charge on any atom is 0.328 e. The van der Waals surface area contributed by atoms with E-state index in [0.29, 0.717) is 0 Å². The molecule has 0 saturated heterocycles. The monoisotopic (exact) mass is 407 g/mol. The number of carboxylic acid groups (broad SMARTS) is 1. The number of aliphatic hydroxyl groups is 1. The molecule has 0 spiro atoms. The molecule has 12 nitrogen and oxygen atoms in total. The van der Waals surface area contributed by atoms with Crippen molar-refractivity contribution in [1.29, 1.82) is 0 Å². The van der Waals surface area contributed by atoms with Crippen molar-refractivity contribution in [2.45, 2.75) is 44.0 Å². The Hall–Kier alpha value is -2.38. The molecular weight excluding hydrogens is 382 g/mol. The lowest BCUT2D eigenvalue weighted by atomic mass is 10.1. The van der Waals surface area contributed by atoms with E-state index < -0.39 is 60.4 Å². The number of hydrogen-bond acceptors (Lipinski definition) is 8. The Morgan fingerprint density at radius 1 is 1.11 bits per heavy atom. The first-order valence-corrected chi connectivity index (χ1v) is 8.55. The van der Waals surface area contributed by atoms with Gasteiger partial charge in [-0.3, -0.25) is 19.2 Å². The minimum Gasteiger partial charge on any atom is -0.480 e. The van der Waals surface area contributed by atoms with E-state index in [2.05, 4.69) is 28.6 Å². The second-order valence-electron chi connectivity index (χ2n) is 5.70. The Morgan fingerprint density at radius 2 is 1.70 bits per heavy atom. The zero-order valence-electron chi connectivity index (χ0n) is 14.7. The van der Waals surface area contributed by atoms with Gasteiger partial charge in [0.1, 0.15) is 6.04 Å². The highest BCUT2D eigenvalue weighted by atomic mass is 32.1. The molecule has 0 aliphatic carbocycles. The number of amides is 4. The number of aliphatic carboxylic acids is 1. The van der Waals surface area contributed by atoms with Gasteiger partial charge in [-0.2, -0.15) is 12.6 Å². The smallest absolute Gasteiger partial charge is 0.328 e. The number of nitrogens with two attached hydrogens (primary N) is 2. The van der Waals surface area contributed by atoms with Gasteiger partial charge in [-0.25, -0.2) is 4.79 Å². The van der Waals surface area contributed by atoms with Gasteiger partial charge in [0, 0.05) is 12.2 Å². The number of aliphatic hydroxyl groups excluding tert-OH is 1. The molecule has 0 radical (unpaired) electrons. The van der Waals surface area contributed by atoms with E-state index in [1.165, 1.54) is 0 Å². The Bertz CT molecular complexity index is 572. The molecule has 0 rings (SSSR count). The van der Waals surface area contributed by atoms with Crippen molar-refractivity contribution in [3.63, 3.8) is 0 Å². The number of carbonyl (C=O) groups is 5. The number of carboxylic acids is 1. The van der Waals surface area contributed by atoms with Crippen molar-refractivity contribution in [2.24, 2.45) is 11.5 Å². The minimum atomic E-state index is -1.61. The second kappa shape index (κ2) is 12.1. The van der Waals surface area contributed by atoms with Crippen LogP contribution in [0.4, 0.5) is 0 Å². The van der Waals surface area contributed by atoms with Gasteiger partial charge in [0.05, 0.1) is 18.7 Å². The van der Waals surface area contributed by atoms with Crippen LogP contribution in [0.2, 0.25) is 0 Å². The Labute approximate surface area is 160 Å². The van der Waals surface area contributed by atoms with Crippen LogP contribution in [-0.2, 0) is 24.0 Å². The lowest BCUT2D eigenvalue weighted by Crippen LogP contribution is -2.56. The highest BCUT2D eigenvalue weighted by molar-refractivity contribution is 7.80. The fourth-order valence-corrected chi connectivity index (χ4v) is 1.99. The molecule has 0 aromatic carbocycles. The van der Waals surface area contributed by atoms with Gasteiger partial charge in [-0.1, -0.05) is 0 Å². The first-order valence-electron chi connectivity index (χ1n) is 7.92. The molecule has 0 aliphatic rings. The summed E-state index contributed by atoms with van der Waals surface area (Å²) in [6.07, 6.45) is -1.87. The van der Waals surface area contributed by atoms with Crippen LogP contribution in [-0.4, -0.2) is 76.3 Å². The first-order chi connectivity index (χ1) is 12.5. The van der Waals surface area contributed by atoms with Crippen molar-refractivity contribution < 1.29 is 34.2 Å². The quantitative estimate of drug-likeness (QED) is 0.149. The average Bonchev–Trinajstić information content (AvgIpc) is 2.59. The average molecular weight is 407 g/mol. The predicted octanol–water partition coefficient (Wildman–Crippen LogP) is -3.94. The fourth-order valence-electron chi connectivity index (χ4n) is 1.82. The van der Waals surface area contributed by atoms with Gasteiger partial charge in [0.15, 0.2) is 6.04 Å². The molecule has 0 fully saturated rings. The van der Waals surface area contributed by atoms with E-state index in [4.69, 9.17) is 16.6 Å². The molecular formula is C14H25N5O7S. The topological polar surface area (TPSA) is 214 Å². The van der Waals surface area contributed by atoms with Crippen LogP contribution < -0.4 is 27.4 Å². The molecule has 0 heterocycles. The summed E-state index contributed by atoms with van der Waals surface area (Å²) in [5.74, 6) is -4.49. The van der Waals surface area contributed by atoms with E-state index in [9.17, 15) is 29.1 Å². The van der Waals surface area contributed by atoms with Crippen LogP contribution in [0, 0.1) is 0 Å². The molecule has 0 aliphatic heterocycles. The largest absolute Gasteiger partial charge is 0.480 e. The van der Waals surface area contributed by atoms with Gasteiger partial charge in [-0.15, -0.1) is 0 Å². The third-order valence-corrected chi connectivity index (χ3v) is 3.73. The number of hydrogen-bond donors (Lipinski definition) is 8. The third kappa shape index (κ3) is 9.77. The summed E-state index contributed by atoms with van der Waals surface area (Å²) >= 11 is 3.84. The normalized spacial score (nSPS) is 15.0. The molecule has 0 saturated carbocycles. The maximum absolute atomic E-state index is 12.2. The number of nitrogens with one attached hydrogen (secondary N) is 3. The highest BCUT2D eigenvalue weighted by Crippen LogP contribution is 2.01. The molecule has 4 amide bonds. The maximum atomic E-state index is 12.2. The SMILES string of the molecule is CC(O)C(NC(=O)C(CCC(N)=O)NC(=O)CNC(=O)C(N)CS)C(=O)O. The van der Waals surface area contributed by atoms with Crippen LogP contribution in [0.1, 0.15) is 19.8 Å². The molecule has 154 valence electrons. The van der Waals surface area contributed by atoms with Crippen LogP contribution in [0.5, 0.6) is 0 Å². The number of rotatable bonds is 12. The van der Waals surface area contributed by atoms with Crippen molar-refractivity contribution in [3.8, 4) is 0 Å². The highest BCUT2D eigenvalue weighted by Gasteiger charge is 2.29. The zero-order valence-corrected chi connectivity index (χ0v) is 15.6. The Balaban J connectivity index is 4.95. The summed E-state index contributed by atoms with van der Waals surface area (Å²) in [4.78, 5) is 57.7. The predicted molar refractivity (Wildman–Crippen MR) is 96.4 cm³/mol. The van der Waals surface area contributed by atoms with E-state index in [-0.39, 0.29) is 18.6 Å². The van der Waals surface area contributed by atoms with E-state index >= 15 is 0 Å². The van der Waals surface area contributed by atoms with Crippen molar-refractivity contribution in [1.82, 2.24) is 16.0 Å². The van der Waals surface area contributed by atoms with Crippen molar-refractivity contribution in [3.05, 3.63) is 0 Å². The molecule has 4 unspecified atom stereocenters. The molecule has 0 aromatic rings. The molecule has 27 heavy (non-hydrogen) atoms. The van der Waals surface area contributed by atoms with Gasteiger partial charge in [-0.05, 0) is 13.3 Å². The molecule has 0 aromatic heterocycles. The first kappa shape index (κ1) is 24.6. The zero-order chi connectivity index (χ0) is 21.1. The summed E-state index contributed by atoms with van der Waals surface area (Å²) in [6.45, 7) is 0.662. The lowest BCUT2D eigenvalue weighted by molar-refractivity contribution is -0.145. The number of carbonyl (C=O) groups excluding carboxylic acids is 4. The fraction of sp³-hybridized carbons (Fsp3) is 0.643. The van der Waals surface area contributed by atoms with E-state index in [1.807, 2.05) is 0 Å². The third-order valence-electron chi connectivity index (χ3n) is 3.33. The standard InChI is InChI=1S/C14H25N5O7S/c1-6(20)11(14(25)26)19-13(24)8(2-3-9(16)21)18-10(22)4-17-12(23)7(15)5-27/h6-8,11,20,27H,2-5,15H2,1H3,(H2,16,21)(H,17,23)(H,18,22)(H,19,24)(H,25,26). The van der Waals surface area contributed by atoms with Crippen LogP contribution in [0.25, 0.3) is 0 Å². The van der Waals surface area contributed by atoms with E-state index in [1.54, 1.807) is 0 Å². The summed E-state index contributed by atoms with van der Waals surface area (Å²) in [5.41, 5.74) is 10.5. The summed E-state index contributed by atoms with van der Waals surface area (Å²) in [5, 5.41) is 25.0. The molecule has 4 atom stereocenters. The Kier molecular flexibility index (Phi) is 11.0. The van der Waals surface area contributed by atoms with Gasteiger partial charge >= 0.3 is 5.97 Å². The van der Waals surface area contributed by atoms with Crippen molar-refractivity contribution in [2.75, 3.05) is 12.3 Å². The Morgan fingerprint density at radius 3 is 2.15 bits per heavy atom. The summed E-state index contributed by atoms with van der Waals surface area (Å²) in [6, 6.07) is -3.84. The minimum absolute atomic E-state index is 0.0625. The van der Waals surface area contributed by atoms with Gasteiger partial charge in [0.25, 0.3) is 0 Å². The summed E-state index contributed by atoms with van der Waals surface area (Å²) < 4.78 is 0. The number of thiol groups is 1. The second-order valence-corrected chi connectivity index (χ2v) is 6.06. The molecule has 9 N–H and O–H groups in total. The van der Waals surface area contributed by atoms with Crippen LogP contribution >= 0.6 is 12.6 Å².